The van der Waals surface area contributed by atoms with Crippen LogP contribution < -0.4 is 0 Å². The van der Waals surface area contributed by atoms with Gasteiger partial charge in [0.2, 0.25) is 0 Å². The highest BCUT2D eigenvalue weighted by molar-refractivity contribution is 5.18. The van der Waals surface area contributed by atoms with Gasteiger partial charge in [-0.25, -0.2) is 0 Å². The van der Waals surface area contributed by atoms with Crippen molar-refractivity contribution in [3.05, 3.63) is 71.8 Å². The Kier molecular flexibility index (Phi) is 4.63. The van der Waals surface area contributed by atoms with Gasteiger partial charge in [0, 0.05) is 11.1 Å². The van der Waals surface area contributed by atoms with E-state index in [1.54, 1.807) is 0 Å². The Morgan fingerprint density at radius 1 is 0.792 bits per heavy atom. The topological polar surface area (TPSA) is 36.9 Å². The molecule has 0 spiro atoms. The van der Waals surface area contributed by atoms with Gasteiger partial charge in [0.15, 0.2) is 12.6 Å². The van der Waals surface area contributed by atoms with Crippen molar-refractivity contribution in [2.45, 2.75) is 44.2 Å². The largest absolute Gasteiger partial charge is 0.346 e. The van der Waals surface area contributed by atoms with E-state index in [-0.39, 0.29) is 30.9 Å². The van der Waals surface area contributed by atoms with Gasteiger partial charge in [0.25, 0.3) is 0 Å². The maximum Gasteiger partial charge on any atom is 0.184 e. The molecule has 4 heteroatoms. The molecule has 5 atom stereocenters. The van der Waals surface area contributed by atoms with Crippen molar-refractivity contribution in [1.82, 2.24) is 0 Å². The minimum absolute atomic E-state index is 0.0101. The van der Waals surface area contributed by atoms with E-state index in [1.165, 1.54) is 0 Å². The number of ether oxygens (including phenoxy) is 4. The van der Waals surface area contributed by atoms with Crippen molar-refractivity contribution in [1.29, 1.82) is 0 Å². The molecule has 2 aromatic carbocycles. The molecule has 2 saturated heterocycles. The van der Waals surface area contributed by atoms with Crippen molar-refractivity contribution in [2.24, 2.45) is 0 Å². The molecule has 2 heterocycles. The zero-order valence-corrected chi connectivity index (χ0v) is 13.7. The third kappa shape index (κ3) is 3.10. The summed E-state index contributed by atoms with van der Waals surface area (Å²) in [6.45, 7) is 2.62. The Labute approximate surface area is 142 Å². The second-order valence-electron chi connectivity index (χ2n) is 6.18. The molecule has 4 nitrogen and oxygen atoms in total. The van der Waals surface area contributed by atoms with Gasteiger partial charge in [0.05, 0.1) is 12.7 Å². The van der Waals surface area contributed by atoms with Gasteiger partial charge in [-0.3, -0.25) is 0 Å². The molecule has 0 amide bonds. The van der Waals surface area contributed by atoms with Gasteiger partial charge < -0.3 is 18.9 Å². The van der Waals surface area contributed by atoms with Gasteiger partial charge in [-0.2, -0.15) is 0 Å². The van der Waals surface area contributed by atoms with E-state index >= 15 is 0 Å². The summed E-state index contributed by atoms with van der Waals surface area (Å²) in [4.78, 5) is 0. The SMILES string of the molecule is CCC1O[C@H](c2ccccc2)OC2CO[C@H](c3ccccc3)OC12. The molecule has 2 aliphatic rings. The summed E-state index contributed by atoms with van der Waals surface area (Å²) in [5.74, 6) is 0. The van der Waals surface area contributed by atoms with Crippen LogP contribution in [0.15, 0.2) is 60.7 Å². The van der Waals surface area contributed by atoms with Crippen molar-refractivity contribution >= 4 is 0 Å². The van der Waals surface area contributed by atoms with Crippen LogP contribution >= 0.6 is 0 Å². The standard InChI is InChI=1S/C20H22O4/c1-2-16-18-17(23-20(22-16)15-11-7-4-8-12-15)13-21-19(24-18)14-9-5-3-6-10-14/h3-12,16-20H,2,13H2,1H3/t16?,17?,18?,19-,20-/m0/s1. The lowest BCUT2D eigenvalue weighted by Gasteiger charge is -2.46. The van der Waals surface area contributed by atoms with Crippen LogP contribution in [0.3, 0.4) is 0 Å². The van der Waals surface area contributed by atoms with Crippen LogP contribution in [-0.4, -0.2) is 24.9 Å². The summed E-state index contributed by atoms with van der Waals surface area (Å²) < 4.78 is 24.4. The lowest BCUT2D eigenvalue weighted by molar-refractivity contribution is -0.363. The van der Waals surface area contributed by atoms with E-state index in [1.807, 2.05) is 60.7 Å². The molecule has 2 fully saturated rings. The monoisotopic (exact) mass is 326 g/mol. The Morgan fingerprint density at radius 3 is 2.04 bits per heavy atom. The van der Waals surface area contributed by atoms with Gasteiger partial charge in [-0.1, -0.05) is 67.6 Å². The third-order valence-electron chi connectivity index (χ3n) is 4.57. The fourth-order valence-corrected chi connectivity index (χ4v) is 3.30. The molecule has 0 bridgehead atoms. The first-order chi connectivity index (χ1) is 11.8. The number of hydrogen-bond acceptors (Lipinski definition) is 4. The summed E-state index contributed by atoms with van der Waals surface area (Å²) in [6.07, 6.45) is -0.0956. The van der Waals surface area contributed by atoms with Crippen LogP contribution in [0.4, 0.5) is 0 Å². The molecule has 0 N–H and O–H groups in total. The quantitative estimate of drug-likeness (QED) is 0.854. The molecule has 2 aliphatic heterocycles. The van der Waals surface area contributed by atoms with Gasteiger partial charge in [0.1, 0.15) is 12.2 Å². The first-order valence-electron chi connectivity index (χ1n) is 8.53. The van der Waals surface area contributed by atoms with Gasteiger partial charge in [-0.05, 0) is 6.42 Å². The van der Waals surface area contributed by atoms with E-state index in [0.29, 0.717) is 6.61 Å². The highest BCUT2D eigenvalue weighted by atomic mass is 16.8. The van der Waals surface area contributed by atoms with Gasteiger partial charge >= 0.3 is 0 Å². The second-order valence-corrected chi connectivity index (χ2v) is 6.18. The average Bonchev–Trinajstić information content (AvgIpc) is 2.68. The van der Waals surface area contributed by atoms with Crippen molar-refractivity contribution in [3.63, 3.8) is 0 Å². The van der Waals surface area contributed by atoms with E-state index in [4.69, 9.17) is 18.9 Å². The molecule has 0 saturated carbocycles. The molecule has 0 aliphatic carbocycles. The number of benzene rings is 2. The van der Waals surface area contributed by atoms with Crippen LogP contribution in [0.2, 0.25) is 0 Å². The zero-order valence-electron chi connectivity index (χ0n) is 13.7. The van der Waals surface area contributed by atoms with Crippen molar-refractivity contribution in [2.75, 3.05) is 6.61 Å². The zero-order chi connectivity index (χ0) is 16.4. The number of rotatable bonds is 3. The van der Waals surface area contributed by atoms with Crippen LogP contribution in [0.5, 0.6) is 0 Å². The first kappa shape index (κ1) is 15.8. The molecule has 0 radical (unpaired) electrons. The summed E-state index contributed by atoms with van der Waals surface area (Å²) in [6, 6.07) is 20.0. The smallest absolute Gasteiger partial charge is 0.184 e. The van der Waals surface area contributed by atoms with Crippen LogP contribution in [0.25, 0.3) is 0 Å². The summed E-state index contributed by atoms with van der Waals surface area (Å²) in [5, 5.41) is 0. The first-order valence-corrected chi connectivity index (χ1v) is 8.53. The number of fused-ring (bicyclic) bond motifs is 1. The molecule has 4 rings (SSSR count). The Morgan fingerprint density at radius 2 is 1.42 bits per heavy atom. The third-order valence-corrected chi connectivity index (χ3v) is 4.57. The highest BCUT2D eigenvalue weighted by Crippen LogP contribution is 2.38. The highest BCUT2D eigenvalue weighted by Gasteiger charge is 2.44. The summed E-state index contributed by atoms with van der Waals surface area (Å²) >= 11 is 0. The molecule has 24 heavy (non-hydrogen) atoms. The van der Waals surface area contributed by atoms with Crippen LogP contribution in [-0.2, 0) is 18.9 Å². The average molecular weight is 326 g/mol. The predicted octanol–water partition coefficient (Wildman–Crippen LogP) is 3.99. The van der Waals surface area contributed by atoms with Crippen LogP contribution in [0.1, 0.15) is 37.1 Å². The Bertz CT molecular complexity index is 637. The maximum atomic E-state index is 6.19. The molecular weight excluding hydrogens is 304 g/mol. The van der Waals surface area contributed by atoms with Gasteiger partial charge in [-0.15, -0.1) is 0 Å². The summed E-state index contributed by atoms with van der Waals surface area (Å²) in [5.41, 5.74) is 2.05. The summed E-state index contributed by atoms with van der Waals surface area (Å²) in [7, 11) is 0. The minimum atomic E-state index is -0.363. The molecule has 2 aromatic rings. The fourth-order valence-electron chi connectivity index (χ4n) is 3.30. The molecule has 0 aromatic heterocycles. The van der Waals surface area contributed by atoms with E-state index < -0.39 is 0 Å². The number of hydrogen-bond donors (Lipinski definition) is 0. The Balaban J connectivity index is 1.51. The van der Waals surface area contributed by atoms with E-state index in [2.05, 4.69) is 6.92 Å². The Hall–Kier alpha value is -1.72. The van der Waals surface area contributed by atoms with Crippen LogP contribution in [0, 0.1) is 0 Å². The van der Waals surface area contributed by atoms with E-state index in [9.17, 15) is 0 Å². The van der Waals surface area contributed by atoms with Crippen molar-refractivity contribution in [3.8, 4) is 0 Å². The molecule has 3 unspecified atom stereocenters. The molecular formula is C20H22O4. The second kappa shape index (κ2) is 7.03. The van der Waals surface area contributed by atoms with Crippen molar-refractivity contribution < 1.29 is 18.9 Å². The van der Waals surface area contributed by atoms with E-state index in [0.717, 1.165) is 17.5 Å². The predicted molar refractivity (Wildman–Crippen MR) is 89.2 cm³/mol. The molecule has 126 valence electrons. The lowest BCUT2D eigenvalue weighted by Crippen LogP contribution is -2.53. The lowest BCUT2D eigenvalue weighted by atomic mass is 10.0. The normalized spacial score (nSPS) is 33.0. The minimum Gasteiger partial charge on any atom is -0.346 e. The fraction of sp³-hybridized carbons (Fsp3) is 0.400. The maximum absolute atomic E-state index is 6.19.